The quantitative estimate of drug-likeness (QED) is 0.808. The summed E-state index contributed by atoms with van der Waals surface area (Å²) >= 11 is 0. The summed E-state index contributed by atoms with van der Waals surface area (Å²) in [5.41, 5.74) is 4.98. The van der Waals surface area contributed by atoms with Gasteiger partial charge in [-0.15, -0.1) is 0 Å². The van der Waals surface area contributed by atoms with Gasteiger partial charge in [0.25, 0.3) is 5.91 Å². The maximum absolute atomic E-state index is 13.7. The van der Waals surface area contributed by atoms with E-state index in [9.17, 15) is 13.6 Å². The number of halogens is 2. The smallest absolute Gasteiger partial charge is 0.254 e. The van der Waals surface area contributed by atoms with Crippen molar-refractivity contribution in [3.05, 3.63) is 29.3 Å². The predicted molar refractivity (Wildman–Crippen MR) is 71.2 cm³/mol. The van der Waals surface area contributed by atoms with Gasteiger partial charge in [0.15, 0.2) is 0 Å². The van der Waals surface area contributed by atoms with Gasteiger partial charge in [-0.3, -0.25) is 9.69 Å². The molecule has 20 heavy (non-hydrogen) atoms. The first-order chi connectivity index (χ1) is 9.56. The first-order valence-electron chi connectivity index (χ1n) is 6.85. The Morgan fingerprint density at radius 2 is 2.05 bits per heavy atom. The van der Waals surface area contributed by atoms with Gasteiger partial charge in [0, 0.05) is 24.7 Å². The predicted octanol–water partition coefficient (Wildman–Crippen LogP) is 1.51. The average molecular weight is 281 g/mol. The van der Waals surface area contributed by atoms with Crippen LogP contribution in [0.1, 0.15) is 29.6 Å². The lowest BCUT2D eigenvalue weighted by Gasteiger charge is -2.21. The summed E-state index contributed by atoms with van der Waals surface area (Å²) in [5.74, 6) is -2.25. The number of amides is 1. The maximum Gasteiger partial charge on any atom is 0.254 e. The van der Waals surface area contributed by atoms with E-state index in [1.54, 1.807) is 0 Å². The van der Waals surface area contributed by atoms with E-state index in [0.717, 1.165) is 38.4 Å². The van der Waals surface area contributed by atoms with E-state index in [1.807, 2.05) is 0 Å². The minimum Gasteiger partial charge on any atom is -0.396 e. The zero-order valence-electron chi connectivity index (χ0n) is 11.0. The Hall–Kier alpha value is -1.69. The van der Waals surface area contributed by atoms with Gasteiger partial charge in [-0.2, -0.15) is 0 Å². The summed E-state index contributed by atoms with van der Waals surface area (Å²) in [5, 5.41) is 2.86. The normalized spacial score (nSPS) is 25.7. The Labute approximate surface area is 115 Å². The molecule has 2 heterocycles. The van der Waals surface area contributed by atoms with Gasteiger partial charge in [-0.05, 0) is 31.9 Å². The second-order valence-electron chi connectivity index (χ2n) is 5.47. The van der Waals surface area contributed by atoms with E-state index in [4.69, 9.17) is 5.73 Å². The lowest BCUT2D eigenvalue weighted by Crippen LogP contribution is -2.42. The van der Waals surface area contributed by atoms with E-state index in [2.05, 4.69) is 10.2 Å². The second-order valence-corrected chi connectivity index (χ2v) is 5.47. The number of nitrogen functional groups attached to an aromatic ring is 1. The summed E-state index contributed by atoms with van der Waals surface area (Å²) in [4.78, 5) is 14.5. The molecule has 4 nitrogen and oxygen atoms in total. The lowest BCUT2D eigenvalue weighted by atomic mass is 10.1. The Bertz CT molecular complexity index is 549. The third kappa shape index (κ3) is 2.24. The zero-order chi connectivity index (χ0) is 14.3. The van der Waals surface area contributed by atoms with Gasteiger partial charge < -0.3 is 11.1 Å². The maximum atomic E-state index is 13.7. The van der Waals surface area contributed by atoms with Crippen LogP contribution in [0.5, 0.6) is 0 Å². The van der Waals surface area contributed by atoms with Crippen LogP contribution in [0.15, 0.2) is 12.1 Å². The molecular weight excluding hydrogens is 264 g/mol. The zero-order valence-corrected chi connectivity index (χ0v) is 11.0. The molecule has 0 bridgehead atoms. The lowest BCUT2D eigenvalue weighted by molar-refractivity contribution is 0.0925. The number of hydrogen-bond acceptors (Lipinski definition) is 3. The fraction of sp³-hybridized carbons (Fsp3) is 0.500. The molecule has 0 radical (unpaired) electrons. The highest BCUT2D eigenvalue weighted by Gasteiger charge is 2.38. The molecule has 2 saturated heterocycles. The van der Waals surface area contributed by atoms with Gasteiger partial charge in [0.05, 0.1) is 11.3 Å². The van der Waals surface area contributed by atoms with E-state index < -0.39 is 17.5 Å². The fourth-order valence-corrected chi connectivity index (χ4v) is 3.24. The van der Waals surface area contributed by atoms with Crippen LogP contribution in [0.4, 0.5) is 14.5 Å². The molecule has 1 aromatic rings. The number of carbonyl (C=O) groups excluding carboxylic acids is 1. The largest absolute Gasteiger partial charge is 0.396 e. The van der Waals surface area contributed by atoms with Crippen LogP contribution in [0.3, 0.4) is 0 Å². The van der Waals surface area contributed by atoms with Gasteiger partial charge in [-0.1, -0.05) is 0 Å². The number of nitrogens with zero attached hydrogens (tertiary/aromatic N) is 1. The van der Waals surface area contributed by atoms with Crippen LogP contribution >= 0.6 is 0 Å². The molecule has 2 aliphatic heterocycles. The number of benzene rings is 1. The molecule has 2 aliphatic rings. The van der Waals surface area contributed by atoms with Gasteiger partial charge in [0.2, 0.25) is 0 Å². The molecule has 2 unspecified atom stereocenters. The van der Waals surface area contributed by atoms with Crippen molar-refractivity contribution in [2.75, 3.05) is 18.8 Å². The Balaban J connectivity index is 1.75. The summed E-state index contributed by atoms with van der Waals surface area (Å²) in [6, 6.07) is 2.10. The van der Waals surface area contributed by atoms with Crippen molar-refractivity contribution in [2.45, 2.75) is 31.3 Å². The summed E-state index contributed by atoms with van der Waals surface area (Å²) in [6.07, 6.45) is 3.06. The number of fused-ring (bicyclic) bond motifs is 1. The van der Waals surface area contributed by atoms with Crippen molar-refractivity contribution in [3.63, 3.8) is 0 Å². The van der Waals surface area contributed by atoms with Crippen molar-refractivity contribution >= 4 is 11.6 Å². The van der Waals surface area contributed by atoms with Crippen molar-refractivity contribution in [3.8, 4) is 0 Å². The first kappa shape index (κ1) is 13.3. The minimum atomic E-state index is -0.879. The number of nitrogens with one attached hydrogen (secondary N) is 1. The van der Waals surface area contributed by atoms with Crippen molar-refractivity contribution in [1.29, 1.82) is 0 Å². The van der Waals surface area contributed by atoms with E-state index in [1.165, 1.54) is 0 Å². The molecule has 3 rings (SSSR count). The fourth-order valence-electron chi connectivity index (χ4n) is 3.24. The number of anilines is 1. The van der Waals surface area contributed by atoms with Crippen LogP contribution in [-0.2, 0) is 0 Å². The molecule has 2 atom stereocenters. The average Bonchev–Trinajstić information content (AvgIpc) is 2.98. The number of nitrogens with two attached hydrogens (primary N) is 1. The molecule has 108 valence electrons. The third-order valence-electron chi connectivity index (χ3n) is 4.25. The summed E-state index contributed by atoms with van der Waals surface area (Å²) < 4.78 is 26.8. The number of carbonyl (C=O) groups is 1. The van der Waals surface area contributed by atoms with E-state index in [-0.39, 0.29) is 17.3 Å². The topological polar surface area (TPSA) is 58.4 Å². The van der Waals surface area contributed by atoms with Crippen LogP contribution in [-0.4, -0.2) is 36.0 Å². The number of hydrogen-bond donors (Lipinski definition) is 2. The van der Waals surface area contributed by atoms with Crippen LogP contribution < -0.4 is 11.1 Å². The Morgan fingerprint density at radius 1 is 1.25 bits per heavy atom. The van der Waals surface area contributed by atoms with Gasteiger partial charge in [-0.25, -0.2) is 8.78 Å². The van der Waals surface area contributed by atoms with E-state index in [0.29, 0.717) is 12.1 Å². The van der Waals surface area contributed by atoms with Crippen LogP contribution in [0.25, 0.3) is 0 Å². The van der Waals surface area contributed by atoms with Gasteiger partial charge in [0.1, 0.15) is 11.6 Å². The van der Waals surface area contributed by atoms with E-state index >= 15 is 0 Å². The molecule has 1 aromatic carbocycles. The molecule has 0 saturated carbocycles. The standard InChI is InChI=1S/C14H17F2N3O/c15-9-7-10(16)11(17)6-8(9)14(20)18-12-3-5-19-4-1-2-13(12)19/h6-7,12-13H,1-5,17H2,(H,18,20). The first-order valence-corrected chi connectivity index (χ1v) is 6.85. The Kier molecular flexibility index (Phi) is 3.33. The van der Waals surface area contributed by atoms with Crippen LogP contribution in [0, 0.1) is 11.6 Å². The molecule has 3 N–H and O–H groups in total. The monoisotopic (exact) mass is 281 g/mol. The molecule has 1 amide bonds. The summed E-state index contributed by atoms with van der Waals surface area (Å²) in [6.45, 7) is 2.03. The molecular formula is C14H17F2N3O. The highest BCUT2D eigenvalue weighted by molar-refractivity contribution is 5.95. The SMILES string of the molecule is Nc1cc(C(=O)NC2CCN3CCCC23)c(F)cc1F. The molecule has 2 fully saturated rings. The second kappa shape index (κ2) is 5.01. The van der Waals surface area contributed by atoms with Gasteiger partial charge >= 0.3 is 0 Å². The third-order valence-corrected chi connectivity index (χ3v) is 4.25. The Morgan fingerprint density at radius 3 is 2.85 bits per heavy atom. The van der Waals surface area contributed by atoms with Crippen molar-refractivity contribution in [2.24, 2.45) is 0 Å². The molecule has 0 spiro atoms. The molecule has 0 aromatic heterocycles. The highest BCUT2D eigenvalue weighted by atomic mass is 19.1. The van der Waals surface area contributed by atoms with Crippen molar-refractivity contribution in [1.82, 2.24) is 10.2 Å². The molecule has 0 aliphatic carbocycles. The minimum absolute atomic E-state index is 0.0377. The summed E-state index contributed by atoms with van der Waals surface area (Å²) in [7, 11) is 0. The number of rotatable bonds is 2. The highest BCUT2D eigenvalue weighted by Crippen LogP contribution is 2.28. The molecule has 6 heteroatoms. The van der Waals surface area contributed by atoms with Crippen LogP contribution in [0.2, 0.25) is 0 Å². The van der Waals surface area contributed by atoms with Crippen molar-refractivity contribution < 1.29 is 13.6 Å².